The Kier molecular flexibility index (Phi) is 3.22. The number of hydrogen-bond donors (Lipinski definition) is 2. The second-order valence-electron chi connectivity index (χ2n) is 4.51. The number of anilines is 2. The third-order valence-corrected chi connectivity index (χ3v) is 2.64. The smallest absolute Gasteiger partial charge is 0.245 e. The maximum absolute atomic E-state index is 6.06. The van der Waals surface area contributed by atoms with E-state index in [0.717, 1.165) is 11.5 Å². The van der Waals surface area contributed by atoms with Crippen molar-refractivity contribution in [3.05, 3.63) is 17.4 Å². The number of nitrogens with two attached hydrogens (primary N) is 1. The molecule has 0 amide bonds. The number of nitrogen functional groups attached to an aromatic ring is 1. The zero-order valence-corrected chi connectivity index (χ0v) is 11.1. The summed E-state index contributed by atoms with van der Waals surface area (Å²) in [7, 11) is 1.85. The molecule has 0 aliphatic heterocycles. The summed E-state index contributed by atoms with van der Waals surface area (Å²) in [5.41, 5.74) is 7.62. The molecule has 0 aliphatic carbocycles. The maximum Gasteiger partial charge on any atom is 0.245 e. The summed E-state index contributed by atoms with van der Waals surface area (Å²) in [4.78, 5) is 4.12. The molecular weight excluding hydrogens is 232 g/mol. The molecule has 7 heteroatoms. The van der Waals surface area contributed by atoms with Gasteiger partial charge in [0.05, 0.1) is 17.9 Å². The predicted molar refractivity (Wildman–Crippen MR) is 68.1 cm³/mol. The predicted octanol–water partition coefficient (Wildman–Crippen LogP) is 1.43. The van der Waals surface area contributed by atoms with Gasteiger partial charge in [-0.1, -0.05) is 19.0 Å². The van der Waals surface area contributed by atoms with Crippen molar-refractivity contribution in [1.29, 1.82) is 0 Å². The summed E-state index contributed by atoms with van der Waals surface area (Å²) in [6.45, 7) is 6.33. The van der Waals surface area contributed by atoms with Gasteiger partial charge >= 0.3 is 0 Å². The topological polar surface area (TPSA) is 94.8 Å². The van der Waals surface area contributed by atoms with Crippen molar-refractivity contribution in [2.45, 2.75) is 33.2 Å². The lowest BCUT2D eigenvalue weighted by atomic mass is 10.1. The average molecular weight is 250 g/mol. The molecule has 0 spiro atoms. The molecule has 0 aliphatic rings. The van der Waals surface area contributed by atoms with E-state index in [2.05, 4.69) is 34.4 Å². The highest BCUT2D eigenvalue weighted by molar-refractivity contribution is 5.65. The van der Waals surface area contributed by atoms with Crippen molar-refractivity contribution >= 4 is 11.5 Å². The van der Waals surface area contributed by atoms with E-state index in [9.17, 15) is 0 Å². The molecular formula is C11H18N6O. The highest BCUT2D eigenvalue weighted by Gasteiger charge is 2.16. The Balaban J connectivity index is 2.14. The van der Waals surface area contributed by atoms with Gasteiger partial charge in [0.25, 0.3) is 0 Å². The minimum Gasteiger partial charge on any atom is -0.394 e. The molecule has 3 N–H and O–H groups in total. The first-order valence-corrected chi connectivity index (χ1v) is 5.84. The molecule has 98 valence electrons. The molecule has 0 fully saturated rings. The van der Waals surface area contributed by atoms with Gasteiger partial charge in [0.15, 0.2) is 5.82 Å². The van der Waals surface area contributed by atoms with Crippen LogP contribution in [0.2, 0.25) is 0 Å². The van der Waals surface area contributed by atoms with E-state index >= 15 is 0 Å². The van der Waals surface area contributed by atoms with Crippen LogP contribution < -0.4 is 11.1 Å². The molecule has 2 rings (SSSR count). The number of aromatic nitrogens is 4. The van der Waals surface area contributed by atoms with Crippen LogP contribution in [0.4, 0.5) is 11.5 Å². The standard InChI is InChI=1S/C11H18N6O/c1-6(2)10-9(12)11(17(4)15-10)13-5-8-14-7(3)16-18-8/h6,13H,5,12H2,1-4H3. The molecule has 0 saturated carbocycles. The fourth-order valence-corrected chi connectivity index (χ4v) is 1.77. The number of rotatable bonds is 4. The summed E-state index contributed by atoms with van der Waals surface area (Å²) in [6, 6.07) is 0. The van der Waals surface area contributed by atoms with Crippen molar-refractivity contribution in [2.24, 2.45) is 7.05 Å². The average Bonchev–Trinajstić information content (AvgIpc) is 2.82. The van der Waals surface area contributed by atoms with Gasteiger partial charge in [-0.25, -0.2) is 0 Å². The van der Waals surface area contributed by atoms with Crippen molar-refractivity contribution < 1.29 is 4.52 Å². The van der Waals surface area contributed by atoms with E-state index in [1.165, 1.54) is 0 Å². The SMILES string of the molecule is Cc1noc(CNc2c(N)c(C(C)C)nn2C)n1. The van der Waals surface area contributed by atoms with Crippen LogP contribution in [0.5, 0.6) is 0 Å². The molecule has 0 unspecified atom stereocenters. The first kappa shape index (κ1) is 12.4. The van der Waals surface area contributed by atoms with Gasteiger partial charge in [-0.05, 0) is 12.8 Å². The van der Waals surface area contributed by atoms with E-state index < -0.39 is 0 Å². The van der Waals surface area contributed by atoms with Gasteiger partial charge in [-0.15, -0.1) is 0 Å². The van der Waals surface area contributed by atoms with Gasteiger partial charge in [0, 0.05) is 7.05 Å². The van der Waals surface area contributed by atoms with Gasteiger partial charge < -0.3 is 15.6 Å². The second kappa shape index (κ2) is 4.67. The molecule has 2 aromatic rings. The third kappa shape index (κ3) is 2.29. The van der Waals surface area contributed by atoms with Crippen LogP contribution in [0.25, 0.3) is 0 Å². The van der Waals surface area contributed by atoms with Gasteiger partial charge in [-0.2, -0.15) is 10.1 Å². The van der Waals surface area contributed by atoms with Gasteiger partial charge in [-0.3, -0.25) is 4.68 Å². The number of nitrogens with zero attached hydrogens (tertiary/aromatic N) is 4. The molecule has 7 nitrogen and oxygen atoms in total. The summed E-state index contributed by atoms with van der Waals surface area (Å²) in [5.74, 6) is 2.21. The number of aryl methyl sites for hydroxylation is 2. The van der Waals surface area contributed by atoms with Crippen LogP contribution in [0.3, 0.4) is 0 Å². The molecule has 0 aromatic carbocycles. The fraction of sp³-hybridized carbons (Fsp3) is 0.545. The first-order valence-electron chi connectivity index (χ1n) is 5.84. The Morgan fingerprint density at radius 3 is 2.67 bits per heavy atom. The number of hydrogen-bond acceptors (Lipinski definition) is 6. The van der Waals surface area contributed by atoms with Crippen LogP contribution in [0.15, 0.2) is 4.52 Å². The number of nitrogens with one attached hydrogen (secondary N) is 1. The molecule has 2 heterocycles. The van der Waals surface area contributed by atoms with Crippen LogP contribution >= 0.6 is 0 Å². The summed E-state index contributed by atoms with van der Waals surface area (Å²) >= 11 is 0. The molecule has 0 atom stereocenters. The monoisotopic (exact) mass is 250 g/mol. The Bertz CT molecular complexity index is 542. The van der Waals surface area contributed by atoms with Crippen LogP contribution in [-0.4, -0.2) is 19.9 Å². The van der Waals surface area contributed by atoms with E-state index in [1.54, 1.807) is 11.6 Å². The Morgan fingerprint density at radius 1 is 1.44 bits per heavy atom. The minimum absolute atomic E-state index is 0.289. The Morgan fingerprint density at radius 2 is 2.17 bits per heavy atom. The molecule has 0 saturated heterocycles. The largest absolute Gasteiger partial charge is 0.394 e. The maximum atomic E-state index is 6.06. The highest BCUT2D eigenvalue weighted by Crippen LogP contribution is 2.27. The Labute approximate surface area is 105 Å². The lowest BCUT2D eigenvalue weighted by Crippen LogP contribution is -2.06. The highest BCUT2D eigenvalue weighted by atomic mass is 16.5. The zero-order chi connectivity index (χ0) is 13.3. The first-order chi connectivity index (χ1) is 8.49. The zero-order valence-electron chi connectivity index (χ0n) is 11.1. The lowest BCUT2D eigenvalue weighted by molar-refractivity contribution is 0.379. The quantitative estimate of drug-likeness (QED) is 0.852. The van der Waals surface area contributed by atoms with Crippen LogP contribution in [0, 0.1) is 6.92 Å². The lowest BCUT2D eigenvalue weighted by Gasteiger charge is -2.05. The van der Waals surface area contributed by atoms with Crippen molar-refractivity contribution in [2.75, 3.05) is 11.1 Å². The molecule has 18 heavy (non-hydrogen) atoms. The molecule has 2 aromatic heterocycles. The van der Waals surface area contributed by atoms with E-state index in [0.29, 0.717) is 23.9 Å². The summed E-state index contributed by atoms with van der Waals surface area (Å²) < 4.78 is 6.76. The summed E-state index contributed by atoms with van der Waals surface area (Å²) in [6.07, 6.45) is 0. The summed E-state index contributed by atoms with van der Waals surface area (Å²) in [5, 5.41) is 11.3. The molecule has 0 bridgehead atoms. The second-order valence-corrected chi connectivity index (χ2v) is 4.51. The van der Waals surface area contributed by atoms with E-state index in [-0.39, 0.29) is 5.92 Å². The van der Waals surface area contributed by atoms with Crippen molar-refractivity contribution in [3.63, 3.8) is 0 Å². The van der Waals surface area contributed by atoms with Crippen LogP contribution in [-0.2, 0) is 13.6 Å². The normalized spacial score (nSPS) is 11.2. The van der Waals surface area contributed by atoms with Crippen LogP contribution in [0.1, 0.15) is 37.2 Å². The van der Waals surface area contributed by atoms with E-state index in [4.69, 9.17) is 10.3 Å². The fourth-order valence-electron chi connectivity index (χ4n) is 1.77. The van der Waals surface area contributed by atoms with Crippen molar-refractivity contribution in [1.82, 2.24) is 19.9 Å². The van der Waals surface area contributed by atoms with Gasteiger partial charge in [0.1, 0.15) is 5.82 Å². The molecule has 0 radical (unpaired) electrons. The van der Waals surface area contributed by atoms with E-state index in [1.807, 2.05) is 7.05 Å². The van der Waals surface area contributed by atoms with Gasteiger partial charge in [0.2, 0.25) is 5.89 Å². The third-order valence-electron chi connectivity index (χ3n) is 2.64. The van der Waals surface area contributed by atoms with Crippen molar-refractivity contribution in [3.8, 4) is 0 Å². The Hall–Kier alpha value is -2.05. The minimum atomic E-state index is 0.289.